The Kier molecular flexibility index (Phi) is 7.95. The second-order valence-corrected chi connectivity index (χ2v) is 7.49. The van der Waals surface area contributed by atoms with E-state index in [0.717, 1.165) is 16.8 Å². The predicted octanol–water partition coefficient (Wildman–Crippen LogP) is 2.78. The van der Waals surface area contributed by atoms with Crippen LogP contribution in [0.3, 0.4) is 0 Å². The number of nitrogens with one attached hydrogen (secondary N) is 1. The lowest BCUT2D eigenvalue weighted by Gasteiger charge is -2.12. The molecule has 0 saturated heterocycles. The van der Waals surface area contributed by atoms with E-state index in [0.29, 0.717) is 28.6 Å². The first-order chi connectivity index (χ1) is 13.8. The van der Waals surface area contributed by atoms with E-state index < -0.39 is 11.9 Å². The van der Waals surface area contributed by atoms with Gasteiger partial charge in [-0.2, -0.15) is 5.10 Å². The van der Waals surface area contributed by atoms with Crippen molar-refractivity contribution in [2.75, 3.05) is 31.9 Å². The molecule has 0 spiro atoms. The molecule has 0 fully saturated rings. The third-order valence-corrected chi connectivity index (χ3v) is 5.41. The maximum Gasteiger partial charge on any atom is 0.316 e. The van der Waals surface area contributed by atoms with Crippen molar-refractivity contribution in [1.29, 1.82) is 0 Å². The fraction of sp³-hybridized carbons (Fsp3) is 0.450. The van der Waals surface area contributed by atoms with Crippen molar-refractivity contribution >= 4 is 29.3 Å². The number of hydrogen-bond donors (Lipinski definition) is 1. The highest BCUT2D eigenvalue weighted by Crippen LogP contribution is 2.31. The van der Waals surface area contributed by atoms with Gasteiger partial charge in [0.2, 0.25) is 0 Å². The van der Waals surface area contributed by atoms with Crippen molar-refractivity contribution < 1.29 is 23.8 Å². The van der Waals surface area contributed by atoms with Gasteiger partial charge >= 0.3 is 5.97 Å². The highest BCUT2D eigenvalue weighted by Gasteiger charge is 2.14. The Labute approximate surface area is 174 Å². The number of hydrogen-bond acceptors (Lipinski definition) is 7. The minimum Gasteiger partial charge on any atom is -0.493 e. The normalized spacial score (nSPS) is 10.6. The molecule has 2 aromatic rings. The summed E-state index contributed by atoms with van der Waals surface area (Å²) in [5, 5.41) is 6.97. The van der Waals surface area contributed by atoms with Crippen molar-refractivity contribution in [3.05, 3.63) is 34.6 Å². The summed E-state index contributed by atoms with van der Waals surface area (Å²) in [4.78, 5) is 24.0. The molecule has 0 radical (unpaired) electrons. The Morgan fingerprint density at radius 2 is 1.79 bits per heavy atom. The first-order valence-electron chi connectivity index (χ1n) is 9.01. The quantitative estimate of drug-likeness (QED) is 0.623. The average molecular weight is 422 g/mol. The molecule has 9 heteroatoms. The zero-order chi connectivity index (χ0) is 21.6. The van der Waals surface area contributed by atoms with Crippen molar-refractivity contribution in [2.45, 2.75) is 26.5 Å². The fourth-order valence-electron chi connectivity index (χ4n) is 2.74. The maximum atomic E-state index is 12.0. The van der Waals surface area contributed by atoms with E-state index in [-0.39, 0.29) is 12.4 Å². The summed E-state index contributed by atoms with van der Waals surface area (Å²) in [7, 11) is 4.98. The first kappa shape index (κ1) is 22.6. The lowest BCUT2D eigenvalue weighted by atomic mass is 10.1. The molecule has 29 heavy (non-hydrogen) atoms. The fourth-order valence-corrected chi connectivity index (χ4v) is 3.62. The van der Waals surface area contributed by atoms with Crippen LogP contribution in [0.4, 0.5) is 5.69 Å². The van der Waals surface area contributed by atoms with E-state index in [9.17, 15) is 9.59 Å². The molecule has 1 N–H and O–H groups in total. The Balaban J connectivity index is 1.79. The largest absolute Gasteiger partial charge is 0.493 e. The van der Waals surface area contributed by atoms with Crippen LogP contribution >= 0.6 is 11.8 Å². The lowest BCUT2D eigenvalue weighted by molar-refractivity contribution is -0.144. The molecule has 0 unspecified atom stereocenters. The third kappa shape index (κ3) is 5.90. The molecule has 0 aliphatic rings. The number of carbonyl (C=O) groups excluding carboxylic acids is 2. The number of aromatic nitrogens is 2. The van der Waals surface area contributed by atoms with Crippen LogP contribution in [-0.4, -0.2) is 48.2 Å². The van der Waals surface area contributed by atoms with Gasteiger partial charge in [0.25, 0.3) is 5.91 Å². The Bertz CT molecular complexity index is 895. The summed E-state index contributed by atoms with van der Waals surface area (Å²) < 4.78 is 17.3. The Morgan fingerprint density at radius 3 is 2.38 bits per heavy atom. The van der Waals surface area contributed by atoms with Crippen LogP contribution in [-0.2, 0) is 27.1 Å². The molecule has 1 heterocycles. The molecule has 158 valence electrons. The van der Waals surface area contributed by atoms with Crippen LogP contribution in [0.2, 0.25) is 0 Å². The molecule has 8 nitrogen and oxygen atoms in total. The van der Waals surface area contributed by atoms with Crippen LogP contribution in [0.1, 0.15) is 22.5 Å². The van der Waals surface area contributed by atoms with Crippen molar-refractivity contribution in [2.24, 2.45) is 7.05 Å². The van der Waals surface area contributed by atoms with Crippen LogP contribution in [0.25, 0.3) is 0 Å². The highest BCUT2D eigenvalue weighted by molar-refractivity contribution is 7.99. The summed E-state index contributed by atoms with van der Waals surface area (Å²) in [5.74, 6) is 1.24. The van der Waals surface area contributed by atoms with Crippen LogP contribution in [0.15, 0.2) is 12.1 Å². The third-order valence-electron chi connectivity index (χ3n) is 4.46. The molecule has 1 aromatic heterocycles. The van der Waals surface area contributed by atoms with E-state index >= 15 is 0 Å². The molecule has 0 atom stereocenters. The van der Waals surface area contributed by atoms with Crippen LogP contribution in [0.5, 0.6) is 11.5 Å². The number of methoxy groups -OCH3 is 2. The summed E-state index contributed by atoms with van der Waals surface area (Å²) in [6.45, 7) is 5.31. The number of carbonyl (C=O) groups is 2. The van der Waals surface area contributed by atoms with Gasteiger partial charge in [-0.3, -0.25) is 14.3 Å². The standard InChI is InChI=1S/C20H27N3O5S/c1-12-7-16(26-5)17(27-6)8-15(12)10-29-11-19(25)28-9-18(24)21-20-13(2)22-23(4)14(20)3/h7-8H,9-11H2,1-6H3,(H,21,24). The second kappa shape index (κ2) is 10.2. The van der Waals surface area contributed by atoms with Gasteiger partial charge in [0.05, 0.1) is 37.0 Å². The molecule has 1 amide bonds. The summed E-state index contributed by atoms with van der Waals surface area (Å²) in [6, 6.07) is 3.80. The Hall–Kier alpha value is -2.68. The highest BCUT2D eigenvalue weighted by atomic mass is 32.2. The van der Waals surface area contributed by atoms with Crippen molar-refractivity contribution in [3.8, 4) is 11.5 Å². The smallest absolute Gasteiger partial charge is 0.316 e. The zero-order valence-electron chi connectivity index (χ0n) is 17.6. The van der Waals surface area contributed by atoms with E-state index in [4.69, 9.17) is 14.2 Å². The number of thioether (sulfide) groups is 1. The van der Waals surface area contributed by atoms with Gasteiger partial charge < -0.3 is 19.5 Å². The van der Waals surface area contributed by atoms with Crippen LogP contribution < -0.4 is 14.8 Å². The van der Waals surface area contributed by atoms with Gasteiger partial charge in [0.1, 0.15) is 0 Å². The molecule has 2 rings (SSSR count). The van der Waals surface area contributed by atoms with Crippen molar-refractivity contribution in [1.82, 2.24) is 9.78 Å². The molecular weight excluding hydrogens is 394 g/mol. The van der Waals surface area contributed by atoms with Gasteiger partial charge in [0, 0.05) is 12.8 Å². The number of amides is 1. The molecule has 0 bridgehead atoms. The molecule has 0 saturated carbocycles. The van der Waals surface area contributed by atoms with E-state index in [1.54, 1.807) is 32.9 Å². The van der Waals surface area contributed by atoms with Crippen LogP contribution in [0, 0.1) is 20.8 Å². The van der Waals surface area contributed by atoms with E-state index in [1.807, 2.05) is 26.0 Å². The van der Waals surface area contributed by atoms with Gasteiger partial charge in [-0.15, -0.1) is 11.8 Å². The first-order valence-corrected chi connectivity index (χ1v) is 10.2. The monoisotopic (exact) mass is 421 g/mol. The number of aryl methyl sites for hydroxylation is 3. The number of anilines is 1. The minimum absolute atomic E-state index is 0.145. The van der Waals surface area contributed by atoms with Gasteiger partial charge in [-0.25, -0.2) is 0 Å². The molecule has 0 aliphatic heterocycles. The van der Waals surface area contributed by atoms with Gasteiger partial charge in [-0.1, -0.05) is 0 Å². The summed E-state index contributed by atoms with van der Waals surface area (Å²) >= 11 is 1.41. The number of nitrogens with zero attached hydrogens (tertiary/aromatic N) is 2. The molecule has 1 aromatic carbocycles. The maximum absolute atomic E-state index is 12.0. The Morgan fingerprint density at radius 1 is 1.14 bits per heavy atom. The zero-order valence-corrected chi connectivity index (χ0v) is 18.4. The number of ether oxygens (including phenoxy) is 3. The van der Waals surface area contributed by atoms with Crippen molar-refractivity contribution in [3.63, 3.8) is 0 Å². The SMILES string of the molecule is COc1cc(C)c(CSCC(=O)OCC(=O)Nc2c(C)nn(C)c2C)cc1OC. The van der Waals surface area contributed by atoms with E-state index in [2.05, 4.69) is 10.4 Å². The minimum atomic E-state index is -0.442. The molecular formula is C20H27N3O5S. The number of benzene rings is 1. The van der Waals surface area contributed by atoms with E-state index in [1.165, 1.54) is 11.8 Å². The topological polar surface area (TPSA) is 91.7 Å². The summed E-state index contributed by atoms with van der Waals surface area (Å²) in [5.41, 5.74) is 4.28. The average Bonchev–Trinajstić information content (AvgIpc) is 2.93. The summed E-state index contributed by atoms with van der Waals surface area (Å²) in [6.07, 6.45) is 0. The second-order valence-electron chi connectivity index (χ2n) is 6.50. The number of esters is 1. The van der Waals surface area contributed by atoms with Gasteiger partial charge in [-0.05, 0) is 44.0 Å². The number of rotatable bonds is 9. The lowest BCUT2D eigenvalue weighted by Crippen LogP contribution is -2.22. The van der Waals surface area contributed by atoms with Gasteiger partial charge in [0.15, 0.2) is 18.1 Å². The molecule has 0 aliphatic carbocycles. The predicted molar refractivity (Wildman–Crippen MR) is 113 cm³/mol.